The van der Waals surface area contributed by atoms with Crippen molar-refractivity contribution in [2.24, 2.45) is 23.7 Å². The van der Waals surface area contributed by atoms with Gasteiger partial charge in [0.25, 0.3) is 0 Å². The van der Waals surface area contributed by atoms with Crippen molar-refractivity contribution in [1.29, 1.82) is 0 Å². The van der Waals surface area contributed by atoms with Crippen LogP contribution in [0, 0.1) is 23.7 Å². The zero-order valence-electron chi connectivity index (χ0n) is 27.1. The van der Waals surface area contributed by atoms with E-state index in [-0.39, 0.29) is 26.2 Å². The quantitative estimate of drug-likeness (QED) is 0.0815. The molecule has 0 radical (unpaired) electrons. The van der Waals surface area contributed by atoms with Crippen molar-refractivity contribution in [3.05, 3.63) is 0 Å². The summed E-state index contributed by atoms with van der Waals surface area (Å²) in [6.07, 6.45) is 19.4. The zero-order chi connectivity index (χ0) is 27.8. The van der Waals surface area contributed by atoms with Gasteiger partial charge in [-0.3, -0.25) is 0 Å². The average Bonchev–Trinajstić information content (AvgIpc) is 2.93. The first-order chi connectivity index (χ1) is 18.0. The third kappa shape index (κ3) is 20.5. The molecular weight excluding hydrogens is 631 g/mol. The fourth-order valence-corrected chi connectivity index (χ4v) is 10.3. The molecule has 228 valence electrons. The molecule has 0 bridgehead atoms. The Labute approximate surface area is 265 Å². The van der Waals surface area contributed by atoms with Crippen LogP contribution < -0.4 is 0 Å². The molecule has 0 amide bonds. The second-order valence-corrected chi connectivity index (χ2v) is 16.7. The molecule has 4 atom stereocenters. The van der Waals surface area contributed by atoms with Gasteiger partial charge in [-0.15, -0.1) is 0 Å². The maximum absolute atomic E-state index is 6.82. The van der Waals surface area contributed by atoms with Crippen molar-refractivity contribution in [3.63, 3.8) is 0 Å². The Morgan fingerprint density at radius 2 is 0.605 bits per heavy atom. The van der Waals surface area contributed by atoms with E-state index in [1.165, 1.54) is 77.0 Å². The Balaban J connectivity index is 0. The van der Waals surface area contributed by atoms with Crippen molar-refractivity contribution < 1.29 is 59.5 Å². The van der Waals surface area contributed by atoms with Crippen LogP contribution in [0.25, 0.3) is 0 Å². The van der Waals surface area contributed by atoms with E-state index in [9.17, 15) is 0 Å². The van der Waals surface area contributed by atoms with Gasteiger partial charge in [0.05, 0.1) is 0 Å². The van der Waals surface area contributed by atoms with E-state index in [0.717, 1.165) is 52.1 Å². The summed E-state index contributed by atoms with van der Waals surface area (Å²) in [4.78, 5) is 0. The summed E-state index contributed by atoms with van der Waals surface area (Å²) in [5.41, 5.74) is 0. The van der Waals surface area contributed by atoms with E-state index >= 15 is 0 Å². The predicted octanol–water partition coefficient (Wildman–Crippen LogP) is 10.7. The van der Waals surface area contributed by atoms with Crippen LogP contribution in [-0.4, -0.2) is 26.4 Å². The van der Waals surface area contributed by atoms with E-state index in [4.69, 9.17) is 11.3 Å². The normalized spacial score (nSPS) is 16.4. The third-order valence-electron chi connectivity index (χ3n) is 8.16. The first-order valence-electron chi connectivity index (χ1n) is 16.5. The molecule has 0 aromatic rings. The van der Waals surface area contributed by atoms with Crippen LogP contribution in [0.3, 0.4) is 0 Å². The molecule has 0 saturated heterocycles. The summed E-state index contributed by atoms with van der Waals surface area (Å²) in [5, 5.41) is 0. The molecule has 0 rings (SSSR count). The molecule has 0 aliphatic heterocycles. The van der Waals surface area contributed by atoms with Crippen molar-refractivity contribution in [3.8, 4) is 0 Å². The minimum atomic E-state index is -4.23. The summed E-state index contributed by atoms with van der Waals surface area (Å²) in [5.74, 6) is 2.21. The van der Waals surface area contributed by atoms with E-state index in [0.29, 0.717) is 23.7 Å². The number of hydrogen-bond donors (Lipinski definition) is 0. The van der Waals surface area contributed by atoms with Crippen molar-refractivity contribution >= 4 is 0 Å². The summed E-state index contributed by atoms with van der Waals surface area (Å²) >= 11 is -4.23. The Kier molecular flexibility index (Phi) is 31.5. The minimum Gasteiger partial charge on any atom is 0 e. The SMILES string of the molecule is CCCCC(CC)C[O][Zr]([O]CC(CC)CCCC)([O]CC(CC)CCCC)[O]CC(CC)CCCC.[Zr]. The van der Waals surface area contributed by atoms with Gasteiger partial charge in [0.2, 0.25) is 0 Å². The minimum absolute atomic E-state index is 0. The van der Waals surface area contributed by atoms with Crippen LogP contribution in [0.2, 0.25) is 0 Å². The first kappa shape index (κ1) is 41.7. The van der Waals surface area contributed by atoms with Crippen molar-refractivity contribution in [1.82, 2.24) is 0 Å². The average molecular weight is 699 g/mol. The monoisotopic (exact) mass is 696 g/mol. The summed E-state index contributed by atoms with van der Waals surface area (Å²) in [6, 6.07) is 0. The van der Waals surface area contributed by atoms with Gasteiger partial charge in [0.15, 0.2) is 0 Å². The molecule has 0 aliphatic carbocycles. The molecular formula is C32H68O4Zr2. The maximum Gasteiger partial charge on any atom is 0 e. The molecule has 0 aromatic heterocycles. The topological polar surface area (TPSA) is 36.9 Å². The van der Waals surface area contributed by atoms with Crippen LogP contribution >= 0.6 is 0 Å². The first-order valence-corrected chi connectivity index (χ1v) is 20.5. The van der Waals surface area contributed by atoms with Crippen LogP contribution in [0.15, 0.2) is 0 Å². The molecule has 0 N–H and O–H groups in total. The Hall–Kier alpha value is 1.61. The molecule has 0 fully saturated rings. The Morgan fingerprint density at radius 1 is 0.395 bits per heavy atom. The number of hydrogen-bond acceptors (Lipinski definition) is 4. The van der Waals surface area contributed by atoms with Crippen LogP contribution in [0.4, 0.5) is 0 Å². The number of rotatable bonds is 28. The van der Waals surface area contributed by atoms with Crippen LogP contribution in [0.5, 0.6) is 0 Å². The van der Waals surface area contributed by atoms with Gasteiger partial charge in [-0.2, -0.15) is 0 Å². The molecule has 6 heteroatoms. The molecule has 0 aliphatic rings. The van der Waals surface area contributed by atoms with E-state index in [2.05, 4.69) is 55.4 Å². The molecule has 0 saturated carbocycles. The second-order valence-electron chi connectivity index (χ2n) is 11.4. The fourth-order valence-electron chi connectivity index (χ4n) is 4.72. The number of unbranched alkanes of at least 4 members (excludes halogenated alkanes) is 4. The van der Waals surface area contributed by atoms with Gasteiger partial charge in [-0.25, -0.2) is 0 Å². The molecule has 0 spiro atoms. The molecule has 0 aromatic carbocycles. The predicted molar refractivity (Wildman–Crippen MR) is 157 cm³/mol. The third-order valence-corrected chi connectivity index (χ3v) is 13.3. The fraction of sp³-hybridized carbons (Fsp3) is 1.00. The molecule has 38 heavy (non-hydrogen) atoms. The van der Waals surface area contributed by atoms with Gasteiger partial charge >= 0.3 is 242 Å². The van der Waals surface area contributed by atoms with Gasteiger partial charge in [0.1, 0.15) is 0 Å². The van der Waals surface area contributed by atoms with E-state index in [1.807, 2.05) is 0 Å². The Bertz CT molecular complexity index is 395. The summed E-state index contributed by atoms with van der Waals surface area (Å²) in [7, 11) is 0. The van der Waals surface area contributed by atoms with Crippen LogP contribution in [-0.2, 0) is 59.5 Å². The maximum atomic E-state index is 6.82. The Morgan fingerprint density at radius 3 is 0.763 bits per heavy atom. The largest absolute Gasteiger partial charge is 0 e. The summed E-state index contributed by atoms with van der Waals surface area (Å²) in [6.45, 7) is 21.1. The van der Waals surface area contributed by atoms with Gasteiger partial charge in [-0.05, 0) is 0 Å². The van der Waals surface area contributed by atoms with E-state index in [1.54, 1.807) is 0 Å². The van der Waals surface area contributed by atoms with Gasteiger partial charge in [0, 0.05) is 26.2 Å². The molecule has 4 unspecified atom stereocenters. The van der Waals surface area contributed by atoms with E-state index < -0.39 is 22.0 Å². The van der Waals surface area contributed by atoms with Crippen LogP contribution in [0.1, 0.15) is 158 Å². The van der Waals surface area contributed by atoms with Gasteiger partial charge in [-0.1, -0.05) is 0 Å². The standard InChI is InChI=1S/4C8H17O.2Zr/c4*1-3-5-6-8(4-2)7-9;;/h4*8H,3-7H2,1-2H3;;/q4*-1;;+4. The molecule has 4 nitrogen and oxygen atoms in total. The van der Waals surface area contributed by atoms with Gasteiger partial charge < -0.3 is 0 Å². The van der Waals surface area contributed by atoms with Crippen molar-refractivity contribution in [2.45, 2.75) is 158 Å². The summed E-state index contributed by atoms with van der Waals surface area (Å²) < 4.78 is 27.3. The van der Waals surface area contributed by atoms with Crippen molar-refractivity contribution in [2.75, 3.05) is 26.4 Å². The smallest absolute Gasteiger partial charge is 0 e. The molecule has 0 heterocycles. The second kappa shape index (κ2) is 28.7. The zero-order valence-corrected chi connectivity index (χ0v) is 32.0.